The summed E-state index contributed by atoms with van der Waals surface area (Å²) in [5.74, 6) is 0. The molecule has 0 amide bonds. The van der Waals surface area contributed by atoms with E-state index >= 15 is 0 Å². The van der Waals surface area contributed by atoms with Gasteiger partial charge in [-0.15, -0.1) is 11.3 Å². The van der Waals surface area contributed by atoms with Gasteiger partial charge in [-0.25, -0.2) is 0 Å². The molecule has 2 heteroatoms. The van der Waals surface area contributed by atoms with Crippen molar-refractivity contribution in [3.05, 3.63) is 40.3 Å². The molecular weight excluding hydrogens is 228 g/mol. The number of hydrogen-bond acceptors (Lipinski definition) is 1. The number of rotatable bonds is 1. The Labute approximate surface area is 103 Å². The third kappa shape index (κ3) is 1.20. The predicted molar refractivity (Wildman–Crippen MR) is 77.2 cm³/mol. The molecule has 0 bridgehead atoms. The van der Waals surface area contributed by atoms with Crippen molar-refractivity contribution in [1.82, 2.24) is 0 Å². The van der Waals surface area contributed by atoms with Gasteiger partial charge in [0.2, 0.25) is 0 Å². The minimum Gasteiger partial charge on any atom is -0.139 e. The Balaban J connectivity index is 2.37. The smallest absolute Gasteiger partial charge is 0.0352 e. The van der Waals surface area contributed by atoms with Crippen LogP contribution in [0.25, 0.3) is 15.7 Å². The lowest BCUT2D eigenvalue weighted by atomic mass is 10.1. The molecule has 1 aromatic carbocycles. The first-order valence-corrected chi connectivity index (χ1v) is 8.98. The van der Waals surface area contributed by atoms with Crippen LogP contribution in [0.4, 0.5) is 0 Å². The van der Waals surface area contributed by atoms with Crippen LogP contribution in [-0.4, -0.2) is 9.52 Å². The maximum atomic E-state index is 2.43. The summed E-state index contributed by atoms with van der Waals surface area (Å²) in [6, 6.07) is 8.85. The van der Waals surface area contributed by atoms with Crippen LogP contribution in [0.15, 0.2) is 29.8 Å². The molecule has 1 unspecified atom stereocenters. The molecule has 0 saturated carbocycles. The largest absolute Gasteiger partial charge is 0.139 e. The van der Waals surface area contributed by atoms with Crippen molar-refractivity contribution in [2.24, 2.45) is 0 Å². The summed E-state index contributed by atoms with van der Waals surface area (Å²) in [6.45, 7) is 7.07. The summed E-state index contributed by atoms with van der Waals surface area (Å²) in [4.78, 5) is 1.66. The van der Waals surface area contributed by atoms with Gasteiger partial charge in [-0.2, -0.15) is 0 Å². The molecule has 0 radical (unpaired) electrons. The number of allylic oxidation sites excluding steroid dienone is 2. The minimum absolute atomic E-state index is 0.00931. The van der Waals surface area contributed by atoms with Crippen LogP contribution in [0.5, 0.6) is 0 Å². The fourth-order valence-corrected chi connectivity index (χ4v) is 6.43. The van der Waals surface area contributed by atoms with Gasteiger partial charge in [0.1, 0.15) is 0 Å². The molecule has 82 valence electrons. The molecule has 2 aromatic rings. The van der Waals surface area contributed by atoms with Crippen LogP contribution in [0.1, 0.15) is 29.8 Å². The lowest BCUT2D eigenvalue weighted by Crippen LogP contribution is -2.00. The lowest BCUT2D eigenvalue weighted by Gasteiger charge is -2.07. The van der Waals surface area contributed by atoms with Crippen molar-refractivity contribution >= 4 is 36.5 Å². The topological polar surface area (TPSA) is 0 Å². The quantitative estimate of drug-likeness (QED) is 0.666. The summed E-state index contributed by atoms with van der Waals surface area (Å²) in [5, 5.41) is 1.48. The Hall–Kier alpha value is -0.863. The minimum atomic E-state index is 0.00931. The monoisotopic (exact) mass is 244 g/mol. The van der Waals surface area contributed by atoms with E-state index < -0.39 is 0 Å². The third-order valence-electron chi connectivity index (χ3n) is 3.84. The van der Waals surface area contributed by atoms with Crippen LogP contribution in [0.2, 0.25) is 6.55 Å². The molecule has 0 N–H and O–H groups in total. The highest BCUT2D eigenvalue weighted by Crippen LogP contribution is 2.48. The number of hydrogen-bond donors (Lipinski definition) is 0. The van der Waals surface area contributed by atoms with Crippen molar-refractivity contribution < 1.29 is 0 Å². The zero-order chi connectivity index (χ0) is 11.3. The molecule has 0 nitrogen and oxygen atoms in total. The van der Waals surface area contributed by atoms with E-state index in [1.165, 1.54) is 10.1 Å². The fourth-order valence-electron chi connectivity index (χ4n) is 2.84. The molecule has 3 rings (SSSR count). The van der Waals surface area contributed by atoms with Crippen LogP contribution < -0.4 is 0 Å². The molecule has 16 heavy (non-hydrogen) atoms. The van der Waals surface area contributed by atoms with E-state index in [2.05, 4.69) is 44.7 Å². The van der Waals surface area contributed by atoms with Crippen LogP contribution in [0.3, 0.4) is 0 Å². The number of fused-ring (bicyclic) bond motifs is 3. The molecule has 1 aromatic heterocycles. The zero-order valence-corrected chi connectivity index (χ0v) is 12.2. The summed E-state index contributed by atoms with van der Waals surface area (Å²) < 4.78 is 1.46. The van der Waals surface area contributed by atoms with E-state index in [1.807, 2.05) is 11.3 Å². The van der Waals surface area contributed by atoms with E-state index in [4.69, 9.17) is 0 Å². The SMILES string of the molecule is C[SiH2]C1C(C)=C(C)c2c1sc1ccccc21. The second-order valence-corrected chi connectivity index (χ2v) is 7.32. The van der Waals surface area contributed by atoms with Gasteiger partial charge in [-0.05, 0) is 31.1 Å². The Morgan fingerprint density at radius 1 is 1.19 bits per heavy atom. The van der Waals surface area contributed by atoms with Crippen molar-refractivity contribution in [2.45, 2.75) is 25.9 Å². The third-order valence-corrected chi connectivity index (χ3v) is 7.25. The van der Waals surface area contributed by atoms with Crippen LogP contribution >= 0.6 is 11.3 Å². The average molecular weight is 244 g/mol. The zero-order valence-electron chi connectivity index (χ0n) is 10.0. The van der Waals surface area contributed by atoms with Gasteiger partial charge < -0.3 is 0 Å². The van der Waals surface area contributed by atoms with Crippen molar-refractivity contribution in [3.8, 4) is 0 Å². The van der Waals surface area contributed by atoms with Gasteiger partial charge in [0, 0.05) is 30.0 Å². The maximum absolute atomic E-state index is 2.43. The molecule has 0 saturated heterocycles. The standard InChI is InChI=1S/C14H16SSi/c1-8-9(2)14(16-3)13-12(8)10-6-4-5-7-11(10)15-13/h4-7,14H,16H2,1-3H3. The fraction of sp³-hybridized carbons (Fsp3) is 0.286. The highest BCUT2D eigenvalue weighted by atomic mass is 32.1. The van der Waals surface area contributed by atoms with Gasteiger partial charge >= 0.3 is 0 Å². The summed E-state index contributed by atoms with van der Waals surface area (Å²) in [6.07, 6.45) is 0. The molecule has 0 fully saturated rings. The van der Waals surface area contributed by atoms with E-state index in [-0.39, 0.29) is 9.52 Å². The van der Waals surface area contributed by atoms with E-state index in [9.17, 15) is 0 Å². The molecule has 1 atom stereocenters. The normalized spacial score (nSPS) is 20.3. The molecule has 1 aliphatic rings. The predicted octanol–water partition coefficient (Wildman–Crippen LogP) is 3.97. The highest BCUT2D eigenvalue weighted by molar-refractivity contribution is 7.19. The maximum Gasteiger partial charge on any atom is 0.0352 e. The summed E-state index contributed by atoms with van der Waals surface area (Å²) in [7, 11) is 0.00931. The van der Waals surface area contributed by atoms with Gasteiger partial charge in [0.05, 0.1) is 0 Å². The molecular formula is C14H16SSi. The van der Waals surface area contributed by atoms with Crippen molar-refractivity contribution in [1.29, 1.82) is 0 Å². The van der Waals surface area contributed by atoms with Gasteiger partial charge in [-0.3, -0.25) is 0 Å². The van der Waals surface area contributed by atoms with Crippen molar-refractivity contribution in [2.75, 3.05) is 0 Å². The lowest BCUT2D eigenvalue weighted by molar-refractivity contribution is 1.15. The summed E-state index contributed by atoms with van der Waals surface area (Å²) >= 11 is 2.02. The average Bonchev–Trinajstić information content (AvgIpc) is 2.77. The first kappa shape index (κ1) is 10.3. The first-order valence-electron chi connectivity index (χ1n) is 5.93. The molecule has 0 aliphatic heterocycles. The Morgan fingerprint density at radius 3 is 2.69 bits per heavy atom. The van der Waals surface area contributed by atoms with Crippen LogP contribution in [0, 0.1) is 0 Å². The first-order chi connectivity index (χ1) is 7.74. The van der Waals surface area contributed by atoms with Gasteiger partial charge in [0.25, 0.3) is 0 Å². The Kier molecular flexibility index (Phi) is 2.30. The second-order valence-electron chi connectivity index (χ2n) is 4.61. The van der Waals surface area contributed by atoms with E-state index in [0.29, 0.717) is 0 Å². The van der Waals surface area contributed by atoms with Crippen molar-refractivity contribution in [3.63, 3.8) is 0 Å². The van der Waals surface area contributed by atoms with E-state index in [1.54, 1.807) is 21.6 Å². The van der Waals surface area contributed by atoms with Crippen LogP contribution in [-0.2, 0) is 0 Å². The molecule has 1 aliphatic carbocycles. The summed E-state index contributed by atoms with van der Waals surface area (Å²) in [5.41, 5.74) is 5.57. The van der Waals surface area contributed by atoms with Gasteiger partial charge in [0.15, 0.2) is 0 Å². The second kappa shape index (κ2) is 3.57. The number of benzene rings is 1. The molecule has 0 spiro atoms. The Morgan fingerprint density at radius 2 is 1.94 bits per heavy atom. The highest BCUT2D eigenvalue weighted by Gasteiger charge is 2.28. The van der Waals surface area contributed by atoms with Gasteiger partial charge in [-0.1, -0.05) is 30.3 Å². The Bertz CT molecular complexity index is 592. The van der Waals surface area contributed by atoms with E-state index in [0.717, 1.165) is 5.54 Å². The number of thiophene rings is 1. The molecule has 1 heterocycles.